The van der Waals surface area contributed by atoms with Gasteiger partial charge in [-0.05, 0) is 134 Å². The third kappa shape index (κ3) is 6.25. The molecule has 0 unspecified atom stereocenters. The van der Waals surface area contributed by atoms with Crippen molar-refractivity contribution < 1.29 is 0 Å². The molecule has 6 aromatic carbocycles. The van der Waals surface area contributed by atoms with Gasteiger partial charge in [0.2, 0.25) is 0 Å². The van der Waals surface area contributed by atoms with E-state index in [9.17, 15) is 0 Å². The van der Waals surface area contributed by atoms with E-state index in [2.05, 4.69) is 221 Å². The summed E-state index contributed by atoms with van der Waals surface area (Å²) in [5.41, 5.74) is 20.3. The fourth-order valence-corrected chi connectivity index (χ4v) is 9.48. The molecule has 10 rings (SSSR count). The Hall–Kier alpha value is -6.66. The minimum Gasteiger partial charge on any atom is -0.311 e. The molecule has 0 radical (unpaired) electrons. The van der Waals surface area contributed by atoms with Gasteiger partial charge < -0.3 is 9.80 Å². The molecule has 4 heterocycles. The molecular weight excluding hydrogens is 729 g/mol. The van der Waals surface area contributed by atoms with Crippen LogP contribution in [0.4, 0.5) is 34.1 Å². The molecule has 0 spiro atoms. The molecule has 294 valence electrons. The van der Waals surface area contributed by atoms with Crippen LogP contribution in [-0.2, 0) is 5.41 Å². The minimum absolute atomic E-state index is 0.00302. The van der Waals surface area contributed by atoms with Gasteiger partial charge in [-0.3, -0.25) is 4.98 Å². The predicted molar refractivity (Wildman–Crippen MR) is 253 cm³/mol. The van der Waals surface area contributed by atoms with E-state index in [1.165, 1.54) is 55.7 Å². The molecule has 60 heavy (non-hydrogen) atoms. The summed E-state index contributed by atoms with van der Waals surface area (Å²) in [5, 5.41) is 5.08. The molecule has 0 amide bonds. The maximum Gasteiger partial charge on any atom is 0.252 e. The second-order valence-electron chi connectivity index (χ2n) is 18.0. The molecule has 0 aliphatic carbocycles. The van der Waals surface area contributed by atoms with E-state index in [-0.39, 0.29) is 12.1 Å². The highest BCUT2D eigenvalue weighted by atomic mass is 15.3. The number of benzene rings is 6. The van der Waals surface area contributed by atoms with Crippen LogP contribution in [-0.4, -0.2) is 21.5 Å². The SMILES string of the molecule is CC(C)c1cccc(C(C)C)c1-c1cnn(-c2ccc3c(c2)B2c4cc(-c5cc(C(C)(C)C)ccn5)ccc4N(c4ccccc4)c4cccc(c42)N3c2ccccc2)c1. The van der Waals surface area contributed by atoms with Gasteiger partial charge in [0.15, 0.2) is 0 Å². The van der Waals surface area contributed by atoms with Crippen molar-refractivity contribution in [2.24, 2.45) is 0 Å². The van der Waals surface area contributed by atoms with Crippen molar-refractivity contribution in [1.82, 2.24) is 14.8 Å². The molecular formula is C54H50BN5. The summed E-state index contributed by atoms with van der Waals surface area (Å²) in [5.74, 6) is 0.781. The summed E-state index contributed by atoms with van der Waals surface area (Å²) < 4.78 is 2.07. The van der Waals surface area contributed by atoms with Gasteiger partial charge in [-0.1, -0.05) is 121 Å². The van der Waals surface area contributed by atoms with Crippen molar-refractivity contribution in [3.8, 4) is 28.1 Å². The maximum absolute atomic E-state index is 5.08. The van der Waals surface area contributed by atoms with Gasteiger partial charge in [0, 0.05) is 52.1 Å². The highest BCUT2D eigenvalue weighted by Gasteiger charge is 2.43. The first-order valence-corrected chi connectivity index (χ1v) is 21.3. The highest BCUT2D eigenvalue weighted by molar-refractivity contribution is 7.00. The normalized spacial score (nSPS) is 13.1. The zero-order chi connectivity index (χ0) is 41.3. The summed E-state index contributed by atoms with van der Waals surface area (Å²) in [6, 6.07) is 53.4. The maximum atomic E-state index is 5.08. The van der Waals surface area contributed by atoms with E-state index in [1.807, 2.05) is 6.20 Å². The first kappa shape index (κ1) is 37.6. The van der Waals surface area contributed by atoms with Crippen molar-refractivity contribution in [2.45, 2.75) is 65.7 Å². The Morgan fingerprint density at radius 2 is 1.12 bits per heavy atom. The summed E-state index contributed by atoms with van der Waals surface area (Å²) in [6.07, 6.45) is 6.24. The van der Waals surface area contributed by atoms with Crippen molar-refractivity contribution in [3.63, 3.8) is 0 Å². The number of rotatable bonds is 7. The molecule has 0 saturated carbocycles. The number of aromatic nitrogens is 3. The molecule has 0 atom stereocenters. The van der Waals surface area contributed by atoms with Crippen LogP contribution in [0, 0.1) is 0 Å². The molecule has 2 aromatic heterocycles. The number of hydrogen-bond donors (Lipinski definition) is 0. The van der Waals surface area contributed by atoms with Crippen LogP contribution in [0.15, 0.2) is 164 Å². The van der Waals surface area contributed by atoms with Crippen molar-refractivity contribution in [3.05, 3.63) is 181 Å². The van der Waals surface area contributed by atoms with E-state index in [4.69, 9.17) is 10.1 Å². The average Bonchev–Trinajstić information content (AvgIpc) is 3.76. The standard InChI is InChI=1S/C54H50BN5/c1-35(2)43-20-14-21-44(36(3)4)52(43)38-33-57-58(34-38)42-25-27-49-46(32-42)55-45-30-37(47-31-39(28-29-56-47)54(5,6)7)24-26-48(45)59(40-16-10-8-11-17-40)50-22-15-23-51(53(50)55)60(49)41-18-12-9-13-19-41/h8-36H,1-7H3. The molecule has 0 bridgehead atoms. The predicted octanol–water partition coefficient (Wildman–Crippen LogP) is 12.2. The quantitative estimate of drug-likeness (QED) is 0.151. The molecule has 0 fully saturated rings. The van der Waals surface area contributed by atoms with Crippen molar-refractivity contribution >= 4 is 57.2 Å². The van der Waals surface area contributed by atoms with Gasteiger partial charge in [-0.15, -0.1) is 0 Å². The number of pyridine rings is 1. The Bertz CT molecular complexity index is 2850. The largest absolute Gasteiger partial charge is 0.311 e. The lowest BCUT2D eigenvalue weighted by molar-refractivity contribution is 0.589. The smallest absolute Gasteiger partial charge is 0.252 e. The molecule has 2 aliphatic heterocycles. The van der Waals surface area contributed by atoms with E-state index in [0.29, 0.717) is 11.8 Å². The average molecular weight is 780 g/mol. The first-order valence-electron chi connectivity index (χ1n) is 21.3. The molecule has 8 aromatic rings. The summed E-state index contributed by atoms with van der Waals surface area (Å²) in [4.78, 5) is 9.85. The molecule has 0 N–H and O–H groups in total. The Balaban J connectivity index is 1.21. The number of para-hydroxylation sites is 2. The third-order valence-electron chi connectivity index (χ3n) is 12.4. The van der Waals surface area contributed by atoms with Crippen molar-refractivity contribution in [1.29, 1.82) is 0 Å². The van der Waals surface area contributed by atoms with Crippen LogP contribution >= 0.6 is 0 Å². The van der Waals surface area contributed by atoms with Crippen LogP contribution in [0.25, 0.3) is 28.1 Å². The number of fused-ring (bicyclic) bond motifs is 4. The van der Waals surface area contributed by atoms with Gasteiger partial charge in [0.25, 0.3) is 6.71 Å². The van der Waals surface area contributed by atoms with E-state index in [0.717, 1.165) is 39.6 Å². The lowest BCUT2D eigenvalue weighted by atomic mass is 9.33. The van der Waals surface area contributed by atoms with Crippen LogP contribution in [0.3, 0.4) is 0 Å². The Labute approximate surface area is 355 Å². The molecule has 0 saturated heterocycles. The van der Waals surface area contributed by atoms with E-state index >= 15 is 0 Å². The second kappa shape index (κ2) is 14.6. The molecule has 2 aliphatic rings. The number of hydrogen-bond acceptors (Lipinski definition) is 4. The number of nitrogens with zero attached hydrogens (tertiary/aromatic N) is 5. The molecule has 5 nitrogen and oxygen atoms in total. The Morgan fingerprint density at radius 1 is 0.533 bits per heavy atom. The zero-order valence-corrected chi connectivity index (χ0v) is 35.6. The Kier molecular flexibility index (Phi) is 9.13. The lowest BCUT2D eigenvalue weighted by Gasteiger charge is -2.44. The fraction of sp³-hybridized carbons (Fsp3) is 0.185. The van der Waals surface area contributed by atoms with E-state index in [1.54, 1.807) is 0 Å². The van der Waals surface area contributed by atoms with Crippen LogP contribution < -0.4 is 26.2 Å². The summed E-state index contributed by atoms with van der Waals surface area (Å²) in [6.45, 7) is 15.9. The third-order valence-corrected chi connectivity index (χ3v) is 12.4. The van der Waals surface area contributed by atoms with Gasteiger partial charge in [-0.25, -0.2) is 4.68 Å². The summed E-state index contributed by atoms with van der Waals surface area (Å²) in [7, 11) is 0. The monoisotopic (exact) mass is 779 g/mol. The van der Waals surface area contributed by atoms with E-state index < -0.39 is 0 Å². The zero-order valence-electron chi connectivity index (χ0n) is 35.6. The van der Waals surface area contributed by atoms with Crippen LogP contribution in [0.1, 0.15) is 77.0 Å². The van der Waals surface area contributed by atoms with Gasteiger partial charge in [0.1, 0.15) is 0 Å². The van der Waals surface area contributed by atoms with Crippen LogP contribution in [0.2, 0.25) is 0 Å². The Morgan fingerprint density at radius 3 is 1.72 bits per heavy atom. The van der Waals surface area contributed by atoms with Gasteiger partial charge >= 0.3 is 0 Å². The summed E-state index contributed by atoms with van der Waals surface area (Å²) >= 11 is 0. The lowest BCUT2D eigenvalue weighted by Crippen LogP contribution is -2.61. The van der Waals surface area contributed by atoms with Crippen LogP contribution in [0.5, 0.6) is 0 Å². The second-order valence-corrected chi connectivity index (χ2v) is 18.0. The molecule has 6 heteroatoms. The van der Waals surface area contributed by atoms with Gasteiger partial charge in [0.05, 0.1) is 17.6 Å². The minimum atomic E-state index is -0.0592. The number of anilines is 6. The highest BCUT2D eigenvalue weighted by Crippen LogP contribution is 2.45. The first-order chi connectivity index (χ1) is 29.1. The van der Waals surface area contributed by atoms with Crippen molar-refractivity contribution in [2.75, 3.05) is 9.80 Å². The topological polar surface area (TPSA) is 37.2 Å². The van der Waals surface area contributed by atoms with Gasteiger partial charge in [-0.2, -0.15) is 5.10 Å². The fourth-order valence-electron chi connectivity index (χ4n) is 9.48.